The normalized spacial score (nSPS) is 10.3. The number of benzene rings is 3. The number of rotatable bonds is 7. The molecule has 3 rings (SSSR count). The Balaban J connectivity index is 1.53. The highest BCUT2D eigenvalue weighted by Crippen LogP contribution is 2.22. The number of amides is 2. The van der Waals surface area contributed by atoms with Crippen LogP contribution in [0.1, 0.15) is 31.8 Å². The van der Waals surface area contributed by atoms with Crippen LogP contribution in [0.5, 0.6) is 11.5 Å². The van der Waals surface area contributed by atoms with Gasteiger partial charge in [-0.2, -0.15) is 0 Å². The van der Waals surface area contributed by atoms with Gasteiger partial charge in [0, 0.05) is 17.7 Å². The molecule has 5 nitrogen and oxygen atoms in total. The number of hydrogen-bond donors (Lipinski definition) is 2. The Labute approximate surface area is 164 Å². The van der Waals surface area contributed by atoms with Gasteiger partial charge < -0.3 is 15.8 Å². The van der Waals surface area contributed by atoms with Crippen LogP contribution in [0.25, 0.3) is 0 Å². The lowest BCUT2D eigenvalue weighted by Crippen LogP contribution is -2.25. The SMILES string of the molecule is Cc1cccc(CCNC(=O)c2ccc(Oc3ccc(C(N)=O)cc3)cc2)c1. The van der Waals surface area contributed by atoms with Crippen LogP contribution in [0.3, 0.4) is 0 Å². The smallest absolute Gasteiger partial charge is 0.251 e. The van der Waals surface area contributed by atoms with E-state index in [0.717, 1.165) is 6.42 Å². The summed E-state index contributed by atoms with van der Waals surface area (Å²) in [7, 11) is 0. The number of ether oxygens (including phenoxy) is 1. The molecule has 0 saturated heterocycles. The molecule has 3 N–H and O–H groups in total. The number of hydrogen-bond acceptors (Lipinski definition) is 3. The molecule has 0 unspecified atom stereocenters. The minimum absolute atomic E-state index is 0.120. The lowest BCUT2D eigenvalue weighted by atomic mass is 10.1. The highest BCUT2D eigenvalue weighted by molar-refractivity contribution is 5.94. The molecule has 0 atom stereocenters. The maximum absolute atomic E-state index is 12.3. The fourth-order valence-corrected chi connectivity index (χ4v) is 2.79. The van der Waals surface area contributed by atoms with E-state index in [9.17, 15) is 9.59 Å². The zero-order valence-electron chi connectivity index (χ0n) is 15.6. The second-order valence-corrected chi connectivity index (χ2v) is 6.51. The van der Waals surface area contributed by atoms with Crippen LogP contribution < -0.4 is 15.8 Å². The zero-order valence-corrected chi connectivity index (χ0v) is 15.6. The van der Waals surface area contributed by atoms with Gasteiger partial charge in [0.05, 0.1) is 0 Å². The van der Waals surface area contributed by atoms with Crippen LogP contribution in [-0.2, 0) is 6.42 Å². The maximum Gasteiger partial charge on any atom is 0.251 e. The molecule has 3 aromatic carbocycles. The lowest BCUT2D eigenvalue weighted by Gasteiger charge is -2.08. The summed E-state index contributed by atoms with van der Waals surface area (Å²) in [5, 5.41) is 2.93. The van der Waals surface area contributed by atoms with Crippen molar-refractivity contribution in [1.82, 2.24) is 5.32 Å². The topological polar surface area (TPSA) is 81.4 Å². The molecule has 142 valence electrons. The van der Waals surface area contributed by atoms with Gasteiger partial charge in [-0.15, -0.1) is 0 Å². The largest absolute Gasteiger partial charge is 0.457 e. The summed E-state index contributed by atoms with van der Waals surface area (Å²) < 4.78 is 5.71. The standard InChI is InChI=1S/C23H22N2O3/c1-16-3-2-4-17(15-16)13-14-25-23(27)19-7-11-21(12-8-19)28-20-9-5-18(6-10-20)22(24)26/h2-12,15H,13-14H2,1H3,(H2,24,26)(H,25,27). The van der Waals surface area contributed by atoms with Gasteiger partial charge in [0.2, 0.25) is 5.91 Å². The maximum atomic E-state index is 12.3. The van der Waals surface area contributed by atoms with Gasteiger partial charge in [-0.3, -0.25) is 9.59 Å². The third-order valence-corrected chi connectivity index (χ3v) is 4.27. The molecule has 3 aromatic rings. The van der Waals surface area contributed by atoms with E-state index in [1.165, 1.54) is 11.1 Å². The molecular formula is C23H22N2O3. The van der Waals surface area contributed by atoms with Crippen LogP contribution in [0.2, 0.25) is 0 Å². The second-order valence-electron chi connectivity index (χ2n) is 6.51. The molecule has 0 aliphatic heterocycles. The summed E-state index contributed by atoms with van der Waals surface area (Å²) in [4.78, 5) is 23.4. The van der Waals surface area contributed by atoms with Gasteiger partial charge >= 0.3 is 0 Å². The molecule has 0 saturated carbocycles. The number of primary amides is 1. The van der Waals surface area contributed by atoms with Crippen LogP contribution in [0.4, 0.5) is 0 Å². The zero-order chi connectivity index (χ0) is 19.9. The number of carbonyl (C=O) groups is 2. The highest BCUT2D eigenvalue weighted by Gasteiger charge is 2.06. The second kappa shape index (κ2) is 8.86. The van der Waals surface area contributed by atoms with Gasteiger partial charge in [0.25, 0.3) is 5.91 Å². The minimum Gasteiger partial charge on any atom is -0.457 e. The van der Waals surface area contributed by atoms with Crippen LogP contribution in [0, 0.1) is 6.92 Å². The summed E-state index contributed by atoms with van der Waals surface area (Å²) in [6.07, 6.45) is 0.788. The molecule has 0 fully saturated rings. The van der Waals surface area contributed by atoms with E-state index in [-0.39, 0.29) is 5.91 Å². The van der Waals surface area contributed by atoms with Crippen molar-refractivity contribution < 1.29 is 14.3 Å². The van der Waals surface area contributed by atoms with Crippen molar-refractivity contribution in [3.8, 4) is 11.5 Å². The summed E-state index contributed by atoms with van der Waals surface area (Å²) in [6.45, 7) is 2.63. The third kappa shape index (κ3) is 5.20. The average Bonchev–Trinajstić information content (AvgIpc) is 2.69. The average molecular weight is 374 g/mol. The van der Waals surface area contributed by atoms with Crippen molar-refractivity contribution in [2.24, 2.45) is 5.73 Å². The highest BCUT2D eigenvalue weighted by atomic mass is 16.5. The Morgan fingerprint density at radius 3 is 2.07 bits per heavy atom. The number of carbonyl (C=O) groups excluding carboxylic acids is 2. The molecule has 5 heteroatoms. The first-order chi connectivity index (χ1) is 13.5. The van der Waals surface area contributed by atoms with Crippen LogP contribution in [0.15, 0.2) is 72.8 Å². The van der Waals surface area contributed by atoms with Crippen LogP contribution >= 0.6 is 0 Å². The van der Waals surface area contributed by atoms with Gasteiger partial charge in [-0.05, 0) is 67.4 Å². The van der Waals surface area contributed by atoms with E-state index >= 15 is 0 Å². The van der Waals surface area contributed by atoms with E-state index in [2.05, 4.69) is 30.4 Å². The first-order valence-electron chi connectivity index (χ1n) is 9.03. The van der Waals surface area contributed by atoms with Crippen molar-refractivity contribution in [2.75, 3.05) is 6.54 Å². The molecule has 0 aliphatic carbocycles. The fraction of sp³-hybridized carbons (Fsp3) is 0.130. The van der Waals surface area contributed by atoms with Crippen molar-refractivity contribution in [3.63, 3.8) is 0 Å². The van der Waals surface area contributed by atoms with E-state index in [4.69, 9.17) is 10.5 Å². The molecule has 0 bridgehead atoms. The summed E-state index contributed by atoms with van der Waals surface area (Å²) in [6, 6.07) is 21.7. The van der Waals surface area contributed by atoms with Gasteiger partial charge in [0.1, 0.15) is 11.5 Å². The van der Waals surface area contributed by atoms with E-state index in [1.807, 2.05) is 6.07 Å². The molecule has 0 spiro atoms. The molecule has 0 radical (unpaired) electrons. The number of nitrogens with two attached hydrogens (primary N) is 1. The van der Waals surface area contributed by atoms with Gasteiger partial charge in [-0.25, -0.2) is 0 Å². The van der Waals surface area contributed by atoms with E-state index in [1.54, 1.807) is 48.5 Å². The molecule has 2 amide bonds. The summed E-state index contributed by atoms with van der Waals surface area (Å²) >= 11 is 0. The number of nitrogens with one attached hydrogen (secondary N) is 1. The Kier molecular flexibility index (Phi) is 6.07. The van der Waals surface area contributed by atoms with E-state index < -0.39 is 5.91 Å². The molecule has 0 heterocycles. The van der Waals surface area contributed by atoms with Crippen molar-refractivity contribution in [3.05, 3.63) is 95.1 Å². The number of aryl methyl sites for hydroxylation is 1. The Bertz CT molecular complexity index is 964. The molecule has 28 heavy (non-hydrogen) atoms. The van der Waals surface area contributed by atoms with Crippen molar-refractivity contribution in [2.45, 2.75) is 13.3 Å². The first kappa shape index (κ1) is 19.2. The first-order valence-corrected chi connectivity index (χ1v) is 9.03. The van der Waals surface area contributed by atoms with Crippen LogP contribution in [-0.4, -0.2) is 18.4 Å². The van der Waals surface area contributed by atoms with Gasteiger partial charge in [-0.1, -0.05) is 29.8 Å². The Morgan fingerprint density at radius 2 is 1.50 bits per heavy atom. The summed E-state index contributed by atoms with van der Waals surface area (Å²) in [5.74, 6) is 0.581. The fourth-order valence-electron chi connectivity index (χ4n) is 2.79. The Hall–Kier alpha value is -3.60. The third-order valence-electron chi connectivity index (χ3n) is 4.27. The summed E-state index contributed by atoms with van der Waals surface area (Å²) in [5.41, 5.74) is 8.62. The predicted octanol–water partition coefficient (Wildman–Crippen LogP) is 3.86. The Morgan fingerprint density at radius 1 is 0.893 bits per heavy atom. The molecule has 0 aliphatic rings. The van der Waals surface area contributed by atoms with Crippen molar-refractivity contribution >= 4 is 11.8 Å². The van der Waals surface area contributed by atoms with Gasteiger partial charge in [0.15, 0.2) is 0 Å². The van der Waals surface area contributed by atoms with E-state index in [0.29, 0.717) is 29.2 Å². The lowest BCUT2D eigenvalue weighted by molar-refractivity contribution is 0.0952. The quantitative estimate of drug-likeness (QED) is 0.659. The minimum atomic E-state index is -0.482. The molecular weight excluding hydrogens is 352 g/mol. The van der Waals surface area contributed by atoms with Crippen molar-refractivity contribution in [1.29, 1.82) is 0 Å². The molecule has 0 aromatic heterocycles. The monoisotopic (exact) mass is 374 g/mol. The predicted molar refractivity (Wildman–Crippen MR) is 109 cm³/mol.